The number of nitro benzene ring substituents is 1. The minimum Gasteiger partial charge on any atom is -0.494 e. The van der Waals surface area contributed by atoms with Gasteiger partial charge in [0, 0.05) is 18.7 Å². The molecule has 0 bridgehead atoms. The highest BCUT2D eigenvalue weighted by atomic mass is 32.1. The third-order valence-electron chi connectivity index (χ3n) is 4.33. The number of nitrogens with zero attached hydrogens (tertiary/aromatic N) is 4. The second-order valence-electron chi connectivity index (χ2n) is 6.15. The van der Waals surface area contributed by atoms with Crippen LogP contribution in [0.2, 0.25) is 0 Å². The minimum atomic E-state index is -0.531. The summed E-state index contributed by atoms with van der Waals surface area (Å²) in [7, 11) is 1.37. The first kappa shape index (κ1) is 18.8. The molecular formula is C16H20N6O4S. The monoisotopic (exact) mass is 392 g/mol. The zero-order valence-corrected chi connectivity index (χ0v) is 15.8. The van der Waals surface area contributed by atoms with Gasteiger partial charge in [0.1, 0.15) is 5.75 Å². The molecule has 2 amide bonds. The van der Waals surface area contributed by atoms with E-state index in [-0.39, 0.29) is 11.4 Å². The number of amides is 2. The van der Waals surface area contributed by atoms with Crippen molar-refractivity contribution in [3.63, 3.8) is 0 Å². The predicted molar refractivity (Wildman–Crippen MR) is 103 cm³/mol. The third kappa shape index (κ3) is 4.42. The van der Waals surface area contributed by atoms with Gasteiger partial charge in [-0.05, 0) is 32.3 Å². The summed E-state index contributed by atoms with van der Waals surface area (Å²) in [5, 5.41) is 25.4. The van der Waals surface area contributed by atoms with E-state index in [1.165, 1.54) is 43.1 Å². The van der Waals surface area contributed by atoms with Crippen LogP contribution in [0.5, 0.6) is 5.75 Å². The molecule has 0 radical (unpaired) electrons. The molecule has 3 rings (SSSR count). The van der Waals surface area contributed by atoms with Gasteiger partial charge in [0.2, 0.25) is 10.3 Å². The van der Waals surface area contributed by atoms with Crippen molar-refractivity contribution < 1.29 is 14.5 Å². The van der Waals surface area contributed by atoms with Crippen molar-refractivity contribution in [2.45, 2.75) is 32.2 Å². The van der Waals surface area contributed by atoms with Crippen LogP contribution in [0, 0.1) is 10.1 Å². The second-order valence-corrected chi connectivity index (χ2v) is 7.10. The summed E-state index contributed by atoms with van der Waals surface area (Å²) >= 11 is 1.31. The normalized spacial score (nSPS) is 16.7. The maximum atomic E-state index is 12.2. The zero-order chi connectivity index (χ0) is 19.4. The van der Waals surface area contributed by atoms with Crippen molar-refractivity contribution in [1.29, 1.82) is 0 Å². The molecule has 0 saturated carbocycles. The maximum absolute atomic E-state index is 12.2. The van der Waals surface area contributed by atoms with Crippen LogP contribution >= 0.6 is 11.3 Å². The SMILES string of the molecule is COc1cc([N+](=O)[O-])ccc1NC(=O)Nc1nnc(N2CCCC[C@@H]2C)s1. The van der Waals surface area contributed by atoms with E-state index in [0.717, 1.165) is 24.5 Å². The molecule has 1 aromatic heterocycles. The van der Waals surface area contributed by atoms with Gasteiger partial charge < -0.3 is 15.0 Å². The van der Waals surface area contributed by atoms with E-state index in [4.69, 9.17) is 4.74 Å². The molecule has 27 heavy (non-hydrogen) atoms. The number of nitro groups is 1. The summed E-state index contributed by atoms with van der Waals surface area (Å²) in [6.45, 7) is 3.09. The number of nitrogens with one attached hydrogen (secondary N) is 2. The molecule has 2 heterocycles. The molecule has 0 spiro atoms. The van der Waals surface area contributed by atoms with E-state index in [2.05, 4.69) is 32.7 Å². The quantitative estimate of drug-likeness (QED) is 0.590. The smallest absolute Gasteiger partial charge is 0.325 e. The Labute approximate surface area is 159 Å². The molecule has 2 N–H and O–H groups in total. The highest BCUT2D eigenvalue weighted by molar-refractivity contribution is 7.19. The van der Waals surface area contributed by atoms with E-state index in [0.29, 0.717) is 16.9 Å². The van der Waals surface area contributed by atoms with Gasteiger partial charge in [-0.3, -0.25) is 15.4 Å². The van der Waals surface area contributed by atoms with Crippen molar-refractivity contribution >= 4 is 39.0 Å². The van der Waals surface area contributed by atoms with Crippen molar-refractivity contribution in [3.8, 4) is 5.75 Å². The molecule has 1 fully saturated rings. The molecule has 11 heteroatoms. The Bertz CT molecular complexity index is 842. The van der Waals surface area contributed by atoms with Crippen LogP contribution in [-0.4, -0.2) is 40.8 Å². The van der Waals surface area contributed by atoms with Gasteiger partial charge in [-0.15, -0.1) is 10.2 Å². The molecule has 1 aliphatic heterocycles. The predicted octanol–water partition coefficient (Wildman–Crippen LogP) is 3.48. The number of ether oxygens (including phenoxy) is 1. The largest absolute Gasteiger partial charge is 0.494 e. The van der Waals surface area contributed by atoms with Crippen molar-refractivity contribution in [2.24, 2.45) is 0 Å². The molecule has 144 valence electrons. The lowest BCUT2D eigenvalue weighted by molar-refractivity contribution is -0.384. The number of non-ortho nitro benzene ring substituents is 1. The highest BCUT2D eigenvalue weighted by Gasteiger charge is 2.22. The van der Waals surface area contributed by atoms with Gasteiger partial charge in [0.05, 0.1) is 23.8 Å². The molecular weight excluding hydrogens is 372 g/mol. The van der Waals surface area contributed by atoms with Crippen LogP contribution in [0.25, 0.3) is 0 Å². The molecule has 2 aromatic rings. The van der Waals surface area contributed by atoms with Crippen LogP contribution in [0.1, 0.15) is 26.2 Å². The summed E-state index contributed by atoms with van der Waals surface area (Å²) in [6, 6.07) is 3.82. The molecule has 1 aromatic carbocycles. The fraction of sp³-hybridized carbons (Fsp3) is 0.438. The number of piperidine rings is 1. The van der Waals surface area contributed by atoms with Crippen molar-refractivity contribution in [3.05, 3.63) is 28.3 Å². The molecule has 1 atom stereocenters. The Hall–Kier alpha value is -2.95. The lowest BCUT2D eigenvalue weighted by atomic mass is 10.1. The fourth-order valence-electron chi connectivity index (χ4n) is 2.91. The molecule has 0 unspecified atom stereocenters. The van der Waals surface area contributed by atoms with Crippen LogP contribution in [0.4, 0.5) is 26.4 Å². The molecule has 0 aliphatic carbocycles. The summed E-state index contributed by atoms with van der Waals surface area (Å²) < 4.78 is 5.10. The summed E-state index contributed by atoms with van der Waals surface area (Å²) in [5.74, 6) is 0.194. The first-order valence-corrected chi connectivity index (χ1v) is 9.30. The first-order chi connectivity index (χ1) is 13.0. The Morgan fingerprint density at radius 1 is 1.37 bits per heavy atom. The lowest BCUT2D eigenvalue weighted by Gasteiger charge is -2.32. The first-order valence-electron chi connectivity index (χ1n) is 8.48. The van der Waals surface area contributed by atoms with Crippen LogP contribution in [0.3, 0.4) is 0 Å². The number of benzene rings is 1. The number of carbonyl (C=O) groups excluding carboxylic acids is 1. The fourth-order valence-corrected chi connectivity index (χ4v) is 3.78. The van der Waals surface area contributed by atoms with E-state index in [1.807, 2.05) is 0 Å². The Kier molecular flexibility index (Phi) is 5.69. The van der Waals surface area contributed by atoms with Gasteiger partial charge >= 0.3 is 6.03 Å². The topological polar surface area (TPSA) is 123 Å². The number of methoxy groups -OCH3 is 1. The minimum absolute atomic E-state index is 0.123. The highest BCUT2D eigenvalue weighted by Crippen LogP contribution is 2.31. The Morgan fingerprint density at radius 2 is 2.19 bits per heavy atom. The van der Waals surface area contributed by atoms with Crippen LogP contribution in [0.15, 0.2) is 18.2 Å². The summed E-state index contributed by atoms with van der Waals surface area (Å²) in [4.78, 5) is 24.7. The third-order valence-corrected chi connectivity index (χ3v) is 5.20. The standard InChI is InChI=1S/C16H20N6O4S/c1-10-5-3-4-8-21(10)16-20-19-15(27-16)18-14(23)17-12-7-6-11(22(24)25)9-13(12)26-2/h6-7,9-10H,3-5,8H2,1-2H3,(H2,17,18,19,23)/t10-/m0/s1. The molecule has 1 aliphatic rings. The number of urea groups is 1. The van der Waals surface area contributed by atoms with Crippen molar-refractivity contribution in [1.82, 2.24) is 10.2 Å². The van der Waals surface area contributed by atoms with Crippen LogP contribution in [-0.2, 0) is 0 Å². The average molecular weight is 392 g/mol. The number of hydrogen-bond donors (Lipinski definition) is 2. The van der Waals surface area contributed by atoms with Gasteiger partial charge in [0.25, 0.3) is 5.69 Å². The number of carbonyl (C=O) groups is 1. The van der Waals surface area contributed by atoms with Gasteiger partial charge in [0.15, 0.2) is 0 Å². The van der Waals surface area contributed by atoms with Crippen LogP contribution < -0.4 is 20.3 Å². The number of hydrogen-bond acceptors (Lipinski definition) is 8. The Balaban J connectivity index is 1.65. The van der Waals surface area contributed by atoms with Gasteiger partial charge in [-0.1, -0.05) is 11.3 Å². The number of rotatable bonds is 5. The van der Waals surface area contributed by atoms with Gasteiger partial charge in [-0.25, -0.2) is 4.79 Å². The number of aromatic nitrogens is 2. The summed E-state index contributed by atoms with van der Waals surface area (Å²) in [5.41, 5.74) is 0.192. The Morgan fingerprint density at radius 3 is 2.89 bits per heavy atom. The zero-order valence-electron chi connectivity index (χ0n) is 15.0. The van der Waals surface area contributed by atoms with E-state index < -0.39 is 11.0 Å². The molecule has 1 saturated heterocycles. The van der Waals surface area contributed by atoms with E-state index >= 15 is 0 Å². The lowest BCUT2D eigenvalue weighted by Crippen LogP contribution is -2.37. The summed E-state index contributed by atoms with van der Waals surface area (Å²) in [6.07, 6.45) is 3.44. The van der Waals surface area contributed by atoms with E-state index in [9.17, 15) is 14.9 Å². The number of anilines is 3. The van der Waals surface area contributed by atoms with Gasteiger partial charge in [-0.2, -0.15) is 0 Å². The maximum Gasteiger partial charge on any atom is 0.325 e. The van der Waals surface area contributed by atoms with Crippen molar-refractivity contribution in [2.75, 3.05) is 29.2 Å². The molecule has 10 nitrogen and oxygen atoms in total. The van der Waals surface area contributed by atoms with E-state index in [1.54, 1.807) is 0 Å². The average Bonchev–Trinajstić information content (AvgIpc) is 3.10. The second kappa shape index (κ2) is 8.16.